The van der Waals surface area contributed by atoms with E-state index in [1.807, 2.05) is 0 Å². The van der Waals surface area contributed by atoms with Gasteiger partial charge in [0.1, 0.15) is 0 Å². The van der Waals surface area contributed by atoms with Crippen LogP contribution in [0.2, 0.25) is 0 Å². The Balaban J connectivity index is 2.07. The average molecular weight is 214 g/mol. The highest BCUT2D eigenvalue weighted by molar-refractivity contribution is 5.80. The lowest BCUT2D eigenvalue weighted by atomic mass is 9.99. The number of ether oxygens (including phenoxy) is 1. The first kappa shape index (κ1) is 12.0. The predicted molar refractivity (Wildman–Crippen MR) is 55.2 cm³/mol. The number of rotatable bonds is 5. The molecule has 1 heterocycles. The van der Waals surface area contributed by atoms with E-state index in [0.29, 0.717) is 6.54 Å². The molecule has 1 fully saturated rings. The third-order valence-electron chi connectivity index (χ3n) is 2.63. The van der Waals surface area contributed by atoms with Crippen molar-refractivity contribution >= 4 is 11.9 Å². The van der Waals surface area contributed by atoms with Crippen LogP contribution in [0.4, 0.5) is 0 Å². The van der Waals surface area contributed by atoms with E-state index in [2.05, 4.69) is 21.9 Å². The number of esters is 1. The van der Waals surface area contributed by atoms with Gasteiger partial charge in [0, 0.05) is 19.6 Å². The standard InChI is InChI=1S/C10H18N2O3/c1-3-12-6-8(7-12)10(14)11-5-4-9(13)15-2/h8H,3-7H2,1-2H3,(H,11,14). The van der Waals surface area contributed by atoms with Crippen LogP contribution in [0.3, 0.4) is 0 Å². The van der Waals surface area contributed by atoms with E-state index in [-0.39, 0.29) is 24.2 Å². The fraction of sp³-hybridized carbons (Fsp3) is 0.800. The molecule has 1 aliphatic rings. The van der Waals surface area contributed by atoms with Gasteiger partial charge in [-0.15, -0.1) is 0 Å². The first-order chi connectivity index (χ1) is 7.17. The Hall–Kier alpha value is -1.10. The third kappa shape index (κ3) is 3.51. The lowest BCUT2D eigenvalue weighted by Crippen LogP contribution is -2.53. The van der Waals surface area contributed by atoms with E-state index >= 15 is 0 Å². The molecular formula is C10H18N2O3. The van der Waals surface area contributed by atoms with Crippen LogP contribution >= 0.6 is 0 Å². The summed E-state index contributed by atoms with van der Waals surface area (Å²) in [6.07, 6.45) is 0.243. The zero-order valence-corrected chi connectivity index (χ0v) is 9.28. The number of methoxy groups -OCH3 is 1. The molecular weight excluding hydrogens is 196 g/mol. The van der Waals surface area contributed by atoms with Crippen molar-refractivity contribution in [2.45, 2.75) is 13.3 Å². The van der Waals surface area contributed by atoms with Crippen LogP contribution in [0, 0.1) is 5.92 Å². The van der Waals surface area contributed by atoms with E-state index in [4.69, 9.17) is 0 Å². The van der Waals surface area contributed by atoms with Gasteiger partial charge in [-0.05, 0) is 6.54 Å². The summed E-state index contributed by atoms with van der Waals surface area (Å²) in [4.78, 5) is 24.4. The molecule has 0 unspecified atom stereocenters. The summed E-state index contributed by atoms with van der Waals surface area (Å²) < 4.78 is 4.47. The number of nitrogens with zero attached hydrogens (tertiary/aromatic N) is 1. The molecule has 1 saturated heterocycles. The Kier molecular flexibility index (Phi) is 4.55. The number of hydrogen-bond donors (Lipinski definition) is 1. The van der Waals surface area contributed by atoms with Crippen LogP contribution in [0.15, 0.2) is 0 Å². The van der Waals surface area contributed by atoms with Crippen LogP contribution in [0.25, 0.3) is 0 Å². The van der Waals surface area contributed by atoms with Gasteiger partial charge < -0.3 is 15.0 Å². The minimum atomic E-state index is -0.293. The molecule has 86 valence electrons. The minimum Gasteiger partial charge on any atom is -0.469 e. The minimum absolute atomic E-state index is 0.0450. The first-order valence-electron chi connectivity index (χ1n) is 5.24. The lowest BCUT2D eigenvalue weighted by Gasteiger charge is -2.37. The van der Waals surface area contributed by atoms with Crippen molar-refractivity contribution in [3.8, 4) is 0 Å². The van der Waals surface area contributed by atoms with Gasteiger partial charge in [-0.25, -0.2) is 0 Å². The molecule has 0 aromatic carbocycles. The van der Waals surface area contributed by atoms with E-state index in [0.717, 1.165) is 19.6 Å². The number of nitrogens with one attached hydrogen (secondary N) is 1. The highest BCUT2D eigenvalue weighted by Gasteiger charge is 2.30. The maximum absolute atomic E-state index is 11.5. The normalized spacial score (nSPS) is 16.9. The molecule has 1 N–H and O–H groups in total. The highest BCUT2D eigenvalue weighted by atomic mass is 16.5. The highest BCUT2D eigenvalue weighted by Crippen LogP contribution is 2.14. The molecule has 0 aromatic heterocycles. The summed E-state index contributed by atoms with van der Waals surface area (Å²) in [5, 5.41) is 2.73. The van der Waals surface area contributed by atoms with Crippen molar-refractivity contribution in [3.63, 3.8) is 0 Å². The second kappa shape index (κ2) is 5.70. The molecule has 1 amide bonds. The fourth-order valence-corrected chi connectivity index (χ4v) is 1.53. The Bertz CT molecular complexity index is 237. The average Bonchev–Trinajstić information content (AvgIpc) is 2.16. The van der Waals surface area contributed by atoms with E-state index < -0.39 is 0 Å². The van der Waals surface area contributed by atoms with Gasteiger partial charge in [0.05, 0.1) is 19.4 Å². The van der Waals surface area contributed by atoms with Crippen LogP contribution < -0.4 is 5.32 Å². The molecule has 0 aliphatic carbocycles. The largest absolute Gasteiger partial charge is 0.469 e. The number of carbonyl (C=O) groups excluding carboxylic acids is 2. The van der Waals surface area contributed by atoms with Gasteiger partial charge >= 0.3 is 5.97 Å². The van der Waals surface area contributed by atoms with Crippen molar-refractivity contribution in [1.82, 2.24) is 10.2 Å². The molecule has 0 aromatic rings. The smallest absolute Gasteiger partial charge is 0.307 e. The van der Waals surface area contributed by atoms with Crippen LogP contribution in [-0.4, -0.2) is 50.1 Å². The molecule has 5 heteroatoms. The summed E-state index contributed by atoms with van der Waals surface area (Å²) in [5.41, 5.74) is 0. The van der Waals surface area contributed by atoms with Crippen molar-refractivity contribution in [3.05, 3.63) is 0 Å². The Labute approximate surface area is 89.8 Å². The van der Waals surface area contributed by atoms with Gasteiger partial charge in [0.15, 0.2) is 0 Å². The van der Waals surface area contributed by atoms with Gasteiger partial charge in [-0.2, -0.15) is 0 Å². The molecule has 15 heavy (non-hydrogen) atoms. The Morgan fingerprint density at radius 3 is 2.67 bits per heavy atom. The van der Waals surface area contributed by atoms with Gasteiger partial charge in [-0.1, -0.05) is 6.92 Å². The summed E-state index contributed by atoms with van der Waals surface area (Å²) >= 11 is 0. The second-order valence-corrected chi connectivity index (χ2v) is 3.67. The third-order valence-corrected chi connectivity index (χ3v) is 2.63. The van der Waals surface area contributed by atoms with Crippen molar-refractivity contribution in [2.24, 2.45) is 5.92 Å². The van der Waals surface area contributed by atoms with E-state index in [1.165, 1.54) is 7.11 Å². The zero-order valence-electron chi connectivity index (χ0n) is 9.28. The van der Waals surface area contributed by atoms with Crippen molar-refractivity contribution in [1.29, 1.82) is 0 Å². The van der Waals surface area contributed by atoms with Gasteiger partial charge in [0.25, 0.3) is 0 Å². The maximum atomic E-state index is 11.5. The summed E-state index contributed by atoms with van der Waals surface area (Å²) in [5.74, 6) is -0.148. The molecule has 0 saturated carbocycles. The summed E-state index contributed by atoms with van der Waals surface area (Å²) in [6.45, 7) is 5.10. The molecule has 1 rings (SSSR count). The number of likely N-dealkylation sites (tertiary alicyclic amines) is 1. The maximum Gasteiger partial charge on any atom is 0.307 e. The quantitative estimate of drug-likeness (QED) is 0.634. The fourth-order valence-electron chi connectivity index (χ4n) is 1.53. The monoisotopic (exact) mass is 214 g/mol. The second-order valence-electron chi connectivity index (χ2n) is 3.67. The van der Waals surface area contributed by atoms with Crippen molar-refractivity contribution < 1.29 is 14.3 Å². The molecule has 1 aliphatic heterocycles. The molecule has 0 atom stereocenters. The summed E-state index contributed by atoms with van der Waals surface area (Å²) in [6, 6.07) is 0. The molecule has 0 spiro atoms. The molecule has 0 radical (unpaired) electrons. The molecule has 5 nitrogen and oxygen atoms in total. The number of amides is 1. The summed E-state index contributed by atoms with van der Waals surface area (Å²) in [7, 11) is 1.34. The number of hydrogen-bond acceptors (Lipinski definition) is 4. The van der Waals surface area contributed by atoms with Gasteiger partial charge in [0.2, 0.25) is 5.91 Å². The van der Waals surface area contributed by atoms with Crippen LogP contribution in [0.1, 0.15) is 13.3 Å². The molecule has 0 bridgehead atoms. The lowest BCUT2D eigenvalue weighted by molar-refractivity contribution is -0.140. The predicted octanol–water partition coefficient (Wildman–Crippen LogP) is -0.383. The van der Waals surface area contributed by atoms with Crippen LogP contribution in [-0.2, 0) is 14.3 Å². The van der Waals surface area contributed by atoms with E-state index in [1.54, 1.807) is 0 Å². The van der Waals surface area contributed by atoms with E-state index in [9.17, 15) is 9.59 Å². The van der Waals surface area contributed by atoms with Gasteiger partial charge in [-0.3, -0.25) is 9.59 Å². The topological polar surface area (TPSA) is 58.6 Å². The van der Waals surface area contributed by atoms with Crippen molar-refractivity contribution in [2.75, 3.05) is 33.3 Å². The SMILES string of the molecule is CCN1CC(C(=O)NCCC(=O)OC)C1. The number of carbonyl (C=O) groups is 2. The first-order valence-corrected chi connectivity index (χ1v) is 5.24. The Morgan fingerprint density at radius 1 is 1.47 bits per heavy atom. The Morgan fingerprint density at radius 2 is 2.13 bits per heavy atom. The zero-order chi connectivity index (χ0) is 11.3. The van der Waals surface area contributed by atoms with Crippen LogP contribution in [0.5, 0.6) is 0 Å².